The van der Waals surface area contributed by atoms with Gasteiger partial charge in [-0.05, 0) is 69.9 Å². The van der Waals surface area contributed by atoms with Crippen molar-refractivity contribution < 1.29 is 43.5 Å². The maximum Gasteiger partial charge on any atom is 0.330 e. The summed E-state index contributed by atoms with van der Waals surface area (Å²) in [5.74, 6) is -0.429. The van der Waals surface area contributed by atoms with Crippen molar-refractivity contribution in [1.29, 1.82) is 0 Å². The number of aliphatic hydroxyl groups excluding tert-OH is 2. The molecule has 0 saturated heterocycles. The molecule has 0 heterocycles. The van der Waals surface area contributed by atoms with E-state index in [1.165, 1.54) is 0 Å². The molecular formula is C41H66N2O9. The van der Waals surface area contributed by atoms with E-state index < -0.39 is 5.97 Å². The molecule has 11 nitrogen and oxygen atoms in total. The van der Waals surface area contributed by atoms with E-state index >= 15 is 0 Å². The number of ether oxygens (including phenoxy) is 4. The topological polar surface area (TPSA) is 135 Å². The van der Waals surface area contributed by atoms with Crippen LogP contribution >= 0.6 is 0 Å². The number of rotatable bonds is 35. The van der Waals surface area contributed by atoms with Crippen LogP contribution in [0.25, 0.3) is 0 Å². The SMILES string of the molecule is C=CC(=O)OC/C=C/CCC(C=C)C/C=C\COC(=O)CCN(CCCN(CCO)CCO)CCC(=O)OC/C=C/CCC(C=C)C/C=C\COC. The van der Waals surface area contributed by atoms with Gasteiger partial charge in [0.05, 0.1) is 32.7 Å². The number of methoxy groups -OCH3 is 1. The number of carbonyl (C=O) groups is 3. The third kappa shape index (κ3) is 30.1. The van der Waals surface area contributed by atoms with Crippen molar-refractivity contribution in [3.8, 4) is 0 Å². The monoisotopic (exact) mass is 730 g/mol. The normalized spacial score (nSPS) is 13.0. The zero-order valence-electron chi connectivity index (χ0n) is 31.6. The first kappa shape index (κ1) is 48.4. The lowest BCUT2D eigenvalue weighted by molar-refractivity contribution is -0.143. The summed E-state index contributed by atoms with van der Waals surface area (Å²) in [6, 6.07) is 0. The third-order valence-corrected chi connectivity index (χ3v) is 8.10. The number of esters is 3. The molecule has 52 heavy (non-hydrogen) atoms. The Bertz CT molecular complexity index is 1080. The molecule has 294 valence electrons. The minimum Gasteiger partial charge on any atom is -0.461 e. The summed E-state index contributed by atoms with van der Waals surface area (Å²) in [7, 11) is 1.67. The molecule has 0 amide bonds. The highest BCUT2D eigenvalue weighted by Gasteiger charge is 2.13. The smallest absolute Gasteiger partial charge is 0.330 e. The van der Waals surface area contributed by atoms with Crippen LogP contribution in [0.2, 0.25) is 0 Å². The van der Waals surface area contributed by atoms with Gasteiger partial charge in [-0.3, -0.25) is 14.5 Å². The Morgan fingerprint density at radius 2 is 1.04 bits per heavy atom. The Morgan fingerprint density at radius 1 is 0.596 bits per heavy atom. The Labute approximate surface area is 313 Å². The molecule has 0 spiro atoms. The molecule has 2 N–H and O–H groups in total. The van der Waals surface area contributed by atoms with Crippen molar-refractivity contribution in [2.75, 3.05) is 86.0 Å². The summed E-state index contributed by atoms with van der Waals surface area (Å²) in [5.41, 5.74) is 0. The largest absolute Gasteiger partial charge is 0.461 e. The van der Waals surface area contributed by atoms with Crippen LogP contribution in [0.3, 0.4) is 0 Å². The summed E-state index contributed by atoms with van der Waals surface area (Å²) in [6.45, 7) is 15.5. The maximum absolute atomic E-state index is 12.5. The van der Waals surface area contributed by atoms with Gasteiger partial charge in [-0.15, -0.1) is 13.2 Å². The van der Waals surface area contributed by atoms with Crippen LogP contribution in [-0.4, -0.2) is 124 Å². The molecule has 2 unspecified atom stereocenters. The first-order valence-electron chi connectivity index (χ1n) is 18.4. The standard InChI is InChI=1S/C41H66N2O9/c1-5-37(21-12-16-33-49-4)19-11-9-15-35-51-40(47)23-27-42(25-18-26-43(29-31-44)30-32-45)28-24-41(48)52-36-17-13-22-38(6-2)20-10-8-14-34-50-39(46)7-3/h5-9,12-17,37-38,44-45H,1-3,10-11,18-36H2,4H3/b14-8+,15-9+,16-12-,17-13-. The van der Waals surface area contributed by atoms with Crippen LogP contribution < -0.4 is 0 Å². The van der Waals surface area contributed by atoms with E-state index in [0.717, 1.165) is 51.0 Å². The second-order valence-corrected chi connectivity index (χ2v) is 12.1. The summed E-state index contributed by atoms with van der Waals surface area (Å²) in [6.07, 6.45) is 26.9. The first-order chi connectivity index (χ1) is 25.3. The molecular weight excluding hydrogens is 664 g/mol. The van der Waals surface area contributed by atoms with Crippen molar-refractivity contribution in [3.05, 3.63) is 86.6 Å². The van der Waals surface area contributed by atoms with Crippen molar-refractivity contribution in [2.24, 2.45) is 11.8 Å². The average Bonchev–Trinajstić information content (AvgIpc) is 3.14. The Morgan fingerprint density at radius 3 is 1.48 bits per heavy atom. The lowest BCUT2D eigenvalue weighted by Crippen LogP contribution is -2.35. The fourth-order valence-electron chi connectivity index (χ4n) is 5.02. The third-order valence-electron chi connectivity index (χ3n) is 8.10. The molecule has 0 aromatic carbocycles. The molecule has 0 aliphatic carbocycles. The highest BCUT2D eigenvalue weighted by atomic mass is 16.5. The number of allylic oxidation sites excluding steroid dienone is 6. The predicted molar refractivity (Wildman–Crippen MR) is 207 cm³/mol. The molecule has 0 bridgehead atoms. The summed E-state index contributed by atoms with van der Waals surface area (Å²) < 4.78 is 20.8. The Hall–Kier alpha value is -3.61. The van der Waals surface area contributed by atoms with Gasteiger partial charge in [0.2, 0.25) is 0 Å². The first-order valence-corrected chi connectivity index (χ1v) is 18.4. The zero-order chi connectivity index (χ0) is 38.5. The zero-order valence-corrected chi connectivity index (χ0v) is 31.6. The molecule has 0 aromatic heterocycles. The van der Waals surface area contributed by atoms with Gasteiger partial charge in [0.15, 0.2) is 0 Å². The van der Waals surface area contributed by atoms with Crippen LogP contribution in [-0.2, 0) is 33.3 Å². The van der Waals surface area contributed by atoms with Gasteiger partial charge in [-0.2, -0.15) is 0 Å². The number of hydrogen-bond acceptors (Lipinski definition) is 11. The molecule has 0 aromatic rings. The van der Waals surface area contributed by atoms with Gasteiger partial charge in [-0.25, -0.2) is 4.79 Å². The predicted octanol–water partition coefficient (Wildman–Crippen LogP) is 5.38. The van der Waals surface area contributed by atoms with Crippen LogP contribution in [0.1, 0.15) is 57.8 Å². The van der Waals surface area contributed by atoms with E-state index in [0.29, 0.717) is 51.8 Å². The van der Waals surface area contributed by atoms with Crippen LogP contribution in [0, 0.1) is 11.8 Å². The van der Waals surface area contributed by atoms with Gasteiger partial charge in [0.25, 0.3) is 0 Å². The Kier molecular flexibility index (Phi) is 33.3. The molecule has 0 aliphatic heterocycles. The summed E-state index contributed by atoms with van der Waals surface area (Å²) in [5, 5.41) is 18.6. The highest BCUT2D eigenvalue weighted by molar-refractivity contribution is 5.81. The van der Waals surface area contributed by atoms with Gasteiger partial charge < -0.3 is 34.1 Å². The highest BCUT2D eigenvalue weighted by Crippen LogP contribution is 2.14. The van der Waals surface area contributed by atoms with E-state index in [4.69, 9.17) is 18.9 Å². The van der Waals surface area contributed by atoms with Crippen molar-refractivity contribution in [1.82, 2.24) is 9.80 Å². The van der Waals surface area contributed by atoms with E-state index in [1.54, 1.807) is 13.2 Å². The number of carbonyl (C=O) groups excluding carboxylic acids is 3. The van der Waals surface area contributed by atoms with Crippen LogP contribution in [0.4, 0.5) is 0 Å². The van der Waals surface area contributed by atoms with E-state index in [2.05, 4.69) is 25.8 Å². The summed E-state index contributed by atoms with van der Waals surface area (Å²) in [4.78, 5) is 40.1. The van der Waals surface area contributed by atoms with Crippen molar-refractivity contribution in [2.45, 2.75) is 57.8 Å². The van der Waals surface area contributed by atoms with Gasteiger partial charge in [0.1, 0.15) is 19.8 Å². The lowest BCUT2D eigenvalue weighted by atomic mass is 9.99. The molecule has 0 aliphatic rings. The summed E-state index contributed by atoms with van der Waals surface area (Å²) >= 11 is 0. The second kappa shape index (κ2) is 35.8. The van der Waals surface area contributed by atoms with E-state index in [9.17, 15) is 24.6 Å². The molecule has 2 atom stereocenters. The van der Waals surface area contributed by atoms with Gasteiger partial charge >= 0.3 is 17.9 Å². The Balaban J connectivity index is 4.69. The fraction of sp³-hybridized carbons (Fsp3) is 0.585. The van der Waals surface area contributed by atoms with Crippen molar-refractivity contribution >= 4 is 17.9 Å². The minimum absolute atomic E-state index is 0.00748. The number of nitrogens with zero attached hydrogens (tertiary/aromatic N) is 2. The average molecular weight is 731 g/mol. The van der Waals surface area contributed by atoms with Gasteiger partial charge in [0, 0.05) is 39.4 Å². The van der Waals surface area contributed by atoms with Crippen molar-refractivity contribution in [3.63, 3.8) is 0 Å². The molecule has 0 fully saturated rings. The molecule has 0 radical (unpaired) electrons. The van der Waals surface area contributed by atoms with Crippen LogP contribution in [0.15, 0.2) is 86.6 Å². The van der Waals surface area contributed by atoms with E-state index in [1.807, 2.05) is 58.4 Å². The fourth-order valence-corrected chi connectivity index (χ4v) is 5.02. The number of hydrogen-bond donors (Lipinski definition) is 2. The van der Waals surface area contributed by atoms with Gasteiger partial charge in [-0.1, -0.05) is 67.3 Å². The molecule has 0 saturated carbocycles. The molecule has 11 heteroatoms. The number of aliphatic hydroxyl groups is 2. The minimum atomic E-state index is -0.446. The second-order valence-electron chi connectivity index (χ2n) is 12.1. The molecule has 0 rings (SSSR count). The van der Waals surface area contributed by atoms with Crippen LogP contribution in [0.5, 0.6) is 0 Å². The maximum atomic E-state index is 12.5. The van der Waals surface area contributed by atoms with E-state index in [-0.39, 0.29) is 63.7 Å². The lowest BCUT2D eigenvalue weighted by Gasteiger charge is -2.24. The quantitative estimate of drug-likeness (QED) is 0.0377.